The van der Waals surface area contributed by atoms with Crippen LogP contribution < -0.4 is 10.1 Å². The Morgan fingerprint density at radius 3 is 2.48 bits per heavy atom. The molecule has 44 heavy (non-hydrogen) atoms. The van der Waals surface area contributed by atoms with Gasteiger partial charge >= 0.3 is 12.0 Å². The zero-order chi connectivity index (χ0) is 31.5. The first-order valence-corrected chi connectivity index (χ1v) is 14.2. The zero-order valence-corrected chi connectivity index (χ0v) is 25.2. The van der Waals surface area contributed by atoms with Gasteiger partial charge in [0.2, 0.25) is 0 Å². The maximum Gasteiger partial charge on any atom is 0.341 e. The van der Waals surface area contributed by atoms with Crippen LogP contribution in [0.5, 0.6) is 11.5 Å². The van der Waals surface area contributed by atoms with Crippen LogP contribution >= 0.6 is 0 Å². The monoisotopic (exact) mass is 598 g/mol. The Labute approximate surface area is 253 Å². The molecule has 5 rings (SSSR count). The molecule has 0 spiro atoms. The predicted molar refractivity (Wildman–Crippen MR) is 164 cm³/mol. The fourth-order valence-corrected chi connectivity index (χ4v) is 5.03. The number of fused-ring (bicyclic) bond motifs is 2. The molecule has 0 aliphatic heterocycles. The number of imidazole rings is 2. The van der Waals surface area contributed by atoms with Crippen LogP contribution in [0.2, 0.25) is 0 Å². The highest BCUT2D eigenvalue weighted by molar-refractivity contribution is 5.97. The Kier molecular flexibility index (Phi) is 8.52. The van der Waals surface area contributed by atoms with Crippen LogP contribution in [0.1, 0.15) is 52.1 Å². The molecule has 0 radical (unpaired) electrons. The topological polar surface area (TPSA) is 141 Å². The summed E-state index contributed by atoms with van der Waals surface area (Å²) in [6.07, 6.45) is 0. The molecule has 5 aromatic rings. The standard InChI is InChI=1S/C32H34N6O6/c1-6-43-31(41)22-9-7-8-10-27(22)44-16-15-33-30(40)20-11-13-23-26(17-20)37(5)28(34-23)19(2)29-35-24-18-21(39)12-14-25(24)38(29)32(42)36(3)4/h7-14,17-19,39H,6,15-16H2,1-5H3,(H,33,40). The molecule has 1 atom stereocenters. The normalized spacial score (nSPS) is 11.8. The number of aromatic hydroxyl groups is 1. The molecule has 1 unspecified atom stereocenters. The second kappa shape index (κ2) is 12.5. The molecule has 0 saturated carbocycles. The van der Waals surface area contributed by atoms with Gasteiger partial charge in [0.05, 0.1) is 41.1 Å². The minimum Gasteiger partial charge on any atom is -0.508 e. The summed E-state index contributed by atoms with van der Waals surface area (Å²) < 4.78 is 14.2. The molecule has 0 aliphatic carbocycles. The maximum atomic E-state index is 13.2. The molecule has 0 fully saturated rings. The van der Waals surface area contributed by atoms with E-state index in [9.17, 15) is 19.5 Å². The molecule has 0 saturated heterocycles. The smallest absolute Gasteiger partial charge is 0.341 e. The number of benzene rings is 3. The Hall–Kier alpha value is -5.39. The summed E-state index contributed by atoms with van der Waals surface area (Å²) in [6.45, 7) is 4.28. The molecule has 3 aromatic carbocycles. The first kappa shape index (κ1) is 30.1. The van der Waals surface area contributed by atoms with Crippen LogP contribution in [0.4, 0.5) is 4.79 Å². The second-order valence-electron chi connectivity index (χ2n) is 10.4. The Morgan fingerprint density at radius 2 is 1.73 bits per heavy atom. The van der Waals surface area contributed by atoms with Crippen LogP contribution in [-0.2, 0) is 11.8 Å². The lowest BCUT2D eigenvalue weighted by Gasteiger charge is -2.17. The molecule has 2 heterocycles. The van der Waals surface area contributed by atoms with Crippen molar-refractivity contribution in [2.45, 2.75) is 19.8 Å². The van der Waals surface area contributed by atoms with E-state index >= 15 is 0 Å². The van der Waals surface area contributed by atoms with Crippen molar-refractivity contribution in [2.24, 2.45) is 7.05 Å². The van der Waals surface area contributed by atoms with Gasteiger partial charge in [-0.1, -0.05) is 12.1 Å². The minimum absolute atomic E-state index is 0.0558. The Bertz CT molecular complexity index is 1870. The third kappa shape index (κ3) is 5.78. The van der Waals surface area contributed by atoms with Crippen molar-refractivity contribution in [3.63, 3.8) is 0 Å². The lowest BCUT2D eigenvalue weighted by Crippen LogP contribution is -2.29. The van der Waals surface area contributed by atoms with E-state index < -0.39 is 11.9 Å². The van der Waals surface area contributed by atoms with Gasteiger partial charge in [-0.25, -0.2) is 24.1 Å². The molecule has 2 aromatic heterocycles. The van der Waals surface area contributed by atoms with E-state index in [-0.39, 0.29) is 37.4 Å². The van der Waals surface area contributed by atoms with Gasteiger partial charge in [0, 0.05) is 32.8 Å². The average molecular weight is 599 g/mol. The zero-order valence-electron chi connectivity index (χ0n) is 25.2. The quantitative estimate of drug-likeness (QED) is 0.189. The first-order valence-electron chi connectivity index (χ1n) is 14.2. The minimum atomic E-state index is -0.467. The summed E-state index contributed by atoms with van der Waals surface area (Å²) in [6, 6.07) is 16.5. The lowest BCUT2D eigenvalue weighted by molar-refractivity contribution is 0.0521. The number of carbonyl (C=O) groups is 3. The SMILES string of the molecule is CCOC(=O)c1ccccc1OCCNC(=O)c1ccc2nc(C(C)c3nc4cc(O)ccc4n3C(=O)N(C)C)n(C)c2c1. The molecule has 2 amide bonds. The highest BCUT2D eigenvalue weighted by Gasteiger charge is 2.27. The van der Waals surface area contributed by atoms with E-state index in [0.29, 0.717) is 45.1 Å². The van der Waals surface area contributed by atoms with Gasteiger partial charge in [-0.05, 0) is 56.3 Å². The number of aryl methyl sites for hydroxylation is 1. The van der Waals surface area contributed by atoms with Gasteiger partial charge < -0.3 is 29.4 Å². The van der Waals surface area contributed by atoms with Crippen molar-refractivity contribution in [3.8, 4) is 11.5 Å². The number of carbonyl (C=O) groups excluding carboxylic acids is 3. The molecule has 0 bridgehead atoms. The van der Waals surface area contributed by atoms with Gasteiger partial charge in [-0.3, -0.25) is 4.79 Å². The highest BCUT2D eigenvalue weighted by Crippen LogP contribution is 2.31. The van der Waals surface area contributed by atoms with E-state index in [2.05, 4.69) is 5.32 Å². The van der Waals surface area contributed by atoms with Crippen LogP contribution in [-0.4, -0.2) is 80.9 Å². The van der Waals surface area contributed by atoms with Crippen molar-refractivity contribution in [2.75, 3.05) is 33.9 Å². The first-order chi connectivity index (χ1) is 21.1. The number of esters is 1. The van der Waals surface area contributed by atoms with E-state index in [1.165, 1.54) is 21.6 Å². The summed E-state index contributed by atoms with van der Waals surface area (Å²) in [5, 5.41) is 12.8. The van der Waals surface area contributed by atoms with E-state index in [4.69, 9.17) is 19.4 Å². The van der Waals surface area contributed by atoms with E-state index in [0.717, 1.165) is 5.52 Å². The lowest BCUT2D eigenvalue weighted by atomic mass is 10.1. The van der Waals surface area contributed by atoms with Gasteiger partial charge in [0.1, 0.15) is 35.3 Å². The van der Waals surface area contributed by atoms with Crippen molar-refractivity contribution >= 4 is 40.0 Å². The Balaban J connectivity index is 1.34. The fourth-order valence-electron chi connectivity index (χ4n) is 5.03. The number of rotatable bonds is 9. The number of ether oxygens (including phenoxy) is 2. The third-order valence-electron chi connectivity index (χ3n) is 7.22. The summed E-state index contributed by atoms with van der Waals surface area (Å²) in [7, 11) is 5.18. The second-order valence-corrected chi connectivity index (χ2v) is 10.4. The largest absolute Gasteiger partial charge is 0.508 e. The predicted octanol–water partition coefficient (Wildman–Crippen LogP) is 4.30. The average Bonchev–Trinajstić information content (AvgIpc) is 3.55. The van der Waals surface area contributed by atoms with Gasteiger partial charge in [0.25, 0.3) is 5.91 Å². The van der Waals surface area contributed by atoms with E-state index in [1.807, 2.05) is 18.5 Å². The summed E-state index contributed by atoms with van der Waals surface area (Å²) >= 11 is 0. The van der Waals surface area contributed by atoms with Gasteiger partial charge in [-0.15, -0.1) is 0 Å². The summed E-state index contributed by atoms with van der Waals surface area (Å²) in [5.74, 6) is 0.409. The maximum absolute atomic E-state index is 13.2. The summed E-state index contributed by atoms with van der Waals surface area (Å²) in [4.78, 5) is 49.3. The fraction of sp³-hybridized carbons (Fsp3) is 0.281. The number of hydrogen-bond acceptors (Lipinski definition) is 8. The van der Waals surface area contributed by atoms with Gasteiger partial charge in [0.15, 0.2) is 0 Å². The Morgan fingerprint density at radius 1 is 0.977 bits per heavy atom. The number of phenolic OH excluding ortho intramolecular Hbond substituents is 1. The van der Waals surface area contributed by atoms with Gasteiger partial charge in [-0.2, -0.15) is 0 Å². The number of hydrogen-bond donors (Lipinski definition) is 2. The van der Waals surface area contributed by atoms with Crippen molar-refractivity contribution in [1.29, 1.82) is 0 Å². The van der Waals surface area contributed by atoms with Crippen LogP contribution in [0.25, 0.3) is 22.1 Å². The third-order valence-corrected chi connectivity index (χ3v) is 7.22. The van der Waals surface area contributed by atoms with Crippen molar-refractivity contribution in [1.82, 2.24) is 29.3 Å². The molecular formula is C32H34N6O6. The van der Waals surface area contributed by atoms with Crippen molar-refractivity contribution < 1.29 is 29.0 Å². The molecular weight excluding hydrogens is 564 g/mol. The van der Waals surface area contributed by atoms with Crippen LogP contribution in [0.15, 0.2) is 60.7 Å². The number of phenols is 1. The van der Waals surface area contributed by atoms with E-state index in [1.54, 1.807) is 69.6 Å². The van der Waals surface area contributed by atoms with Crippen LogP contribution in [0.3, 0.4) is 0 Å². The molecule has 12 heteroatoms. The number of nitrogens with zero attached hydrogens (tertiary/aromatic N) is 5. The number of para-hydroxylation sites is 1. The number of nitrogens with one attached hydrogen (secondary N) is 1. The molecule has 12 nitrogen and oxygen atoms in total. The molecule has 228 valence electrons. The van der Waals surface area contributed by atoms with Crippen molar-refractivity contribution in [3.05, 3.63) is 83.4 Å². The highest BCUT2D eigenvalue weighted by atomic mass is 16.5. The number of aromatic nitrogens is 4. The summed E-state index contributed by atoms with van der Waals surface area (Å²) in [5.41, 5.74) is 3.26. The molecule has 2 N–H and O–H groups in total. The van der Waals surface area contributed by atoms with Crippen LogP contribution in [0, 0.1) is 0 Å². The number of amides is 2. The molecule has 0 aliphatic rings.